The number of carbonyl (C=O) groups excluding carboxylic acids is 1. The summed E-state index contributed by atoms with van der Waals surface area (Å²) < 4.78 is 5.06. The molecule has 0 radical (unpaired) electrons. The number of esters is 1. The van der Waals surface area contributed by atoms with Gasteiger partial charge in [-0.3, -0.25) is 0 Å². The Balaban J connectivity index is 1.93. The van der Waals surface area contributed by atoms with Crippen LogP contribution < -0.4 is 4.74 Å². The number of hydrogen-bond donors (Lipinski definition) is 1. The van der Waals surface area contributed by atoms with Crippen molar-refractivity contribution in [3.8, 4) is 5.75 Å². The number of aliphatic hydroxyl groups is 1. The van der Waals surface area contributed by atoms with Gasteiger partial charge >= 0.3 is 5.97 Å². The van der Waals surface area contributed by atoms with Crippen molar-refractivity contribution in [3.05, 3.63) is 66.2 Å². The lowest BCUT2D eigenvalue weighted by atomic mass is 10.1. The zero-order chi connectivity index (χ0) is 12.8. The highest BCUT2D eigenvalue weighted by Gasteiger charge is 2.17. The highest BCUT2D eigenvalue weighted by molar-refractivity contribution is 5.77. The standard InChI is InChI=1S/C15H14O3/c16-14(11-12-7-3-1-4-8-12)15(17)18-13-9-5-2-6-10-13/h1-10,14,16H,11H2/t14-/m0/s1. The number of hydrogen-bond acceptors (Lipinski definition) is 3. The van der Waals surface area contributed by atoms with E-state index >= 15 is 0 Å². The van der Waals surface area contributed by atoms with Crippen LogP contribution in [0, 0.1) is 0 Å². The number of carbonyl (C=O) groups is 1. The molecule has 0 aliphatic heterocycles. The number of rotatable bonds is 4. The second kappa shape index (κ2) is 5.98. The summed E-state index contributed by atoms with van der Waals surface area (Å²) in [6, 6.07) is 18.1. The van der Waals surface area contributed by atoms with Crippen LogP contribution in [-0.2, 0) is 11.2 Å². The molecule has 0 fully saturated rings. The predicted molar refractivity (Wildman–Crippen MR) is 68.2 cm³/mol. The molecule has 1 N–H and O–H groups in total. The van der Waals surface area contributed by atoms with Crippen LogP contribution in [0.5, 0.6) is 5.75 Å². The Morgan fingerprint density at radius 2 is 1.56 bits per heavy atom. The molecule has 0 bridgehead atoms. The molecule has 3 heteroatoms. The van der Waals surface area contributed by atoms with Gasteiger partial charge in [-0.1, -0.05) is 48.5 Å². The van der Waals surface area contributed by atoms with Gasteiger partial charge < -0.3 is 9.84 Å². The Bertz CT molecular complexity index is 494. The first-order valence-corrected chi connectivity index (χ1v) is 5.74. The third-order valence-electron chi connectivity index (χ3n) is 2.51. The van der Waals surface area contributed by atoms with Gasteiger partial charge in [0.25, 0.3) is 0 Å². The van der Waals surface area contributed by atoms with Crippen molar-refractivity contribution >= 4 is 5.97 Å². The first-order valence-electron chi connectivity index (χ1n) is 5.74. The third kappa shape index (κ3) is 3.43. The van der Waals surface area contributed by atoms with Crippen molar-refractivity contribution in [2.45, 2.75) is 12.5 Å². The lowest BCUT2D eigenvalue weighted by Gasteiger charge is -2.10. The summed E-state index contributed by atoms with van der Waals surface area (Å²) in [7, 11) is 0. The maximum absolute atomic E-state index is 11.6. The molecule has 3 nitrogen and oxygen atoms in total. The second-order valence-electron chi connectivity index (χ2n) is 3.94. The molecule has 0 unspecified atom stereocenters. The van der Waals surface area contributed by atoms with Gasteiger partial charge in [-0.2, -0.15) is 0 Å². The average Bonchev–Trinajstić information content (AvgIpc) is 2.41. The van der Waals surface area contributed by atoms with Gasteiger partial charge in [-0.05, 0) is 17.7 Å². The minimum absolute atomic E-state index is 0.256. The predicted octanol–water partition coefficient (Wildman–Crippen LogP) is 2.20. The van der Waals surface area contributed by atoms with Gasteiger partial charge in [0.15, 0.2) is 6.10 Å². The van der Waals surface area contributed by atoms with Gasteiger partial charge in [0.2, 0.25) is 0 Å². The van der Waals surface area contributed by atoms with E-state index in [-0.39, 0.29) is 6.42 Å². The van der Waals surface area contributed by atoms with Crippen molar-refractivity contribution in [2.75, 3.05) is 0 Å². The minimum Gasteiger partial charge on any atom is -0.425 e. The van der Waals surface area contributed by atoms with Crippen LogP contribution in [0.1, 0.15) is 5.56 Å². The topological polar surface area (TPSA) is 46.5 Å². The molecule has 0 amide bonds. The summed E-state index contributed by atoms with van der Waals surface area (Å²) in [5.74, 6) is -0.195. The van der Waals surface area contributed by atoms with E-state index in [9.17, 15) is 9.90 Å². The van der Waals surface area contributed by atoms with E-state index in [2.05, 4.69) is 0 Å². The van der Waals surface area contributed by atoms with E-state index in [1.165, 1.54) is 0 Å². The van der Waals surface area contributed by atoms with Crippen LogP contribution in [0.4, 0.5) is 0 Å². The third-order valence-corrected chi connectivity index (χ3v) is 2.51. The van der Waals surface area contributed by atoms with Crippen molar-refractivity contribution < 1.29 is 14.6 Å². The van der Waals surface area contributed by atoms with Crippen molar-refractivity contribution in [1.29, 1.82) is 0 Å². The molecular formula is C15H14O3. The summed E-state index contributed by atoms with van der Waals surface area (Å²) in [5, 5.41) is 9.76. The number of benzene rings is 2. The fourth-order valence-electron chi connectivity index (χ4n) is 1.59. The summed E-state index contributed by atoms with van der Waals surface area (Å²) in [5.41, 5.74) is 0.898. The Labute approximate surface area is 106 Å². The summed E-state index contributed by atoms with van der Waals surface area (Å²) >= 11 is 0. The van der Waals surface area contributed by atoms with Gasteiger partial charge in [0, 0.05) is 6.42 Å². The number of para-hydroxylation sites is 1. The Kier molecular flexibility index (Phi) is 4.10. The molecule has 0 aliphatic carbocycles. The van der Waals surface area contributed by atoms with Crippen molar-refractivity contribution in [1.82, 2.24) is 0 Å². The van der Waals surface area contributed by atoms with Gasteiger partial charge in [-0.15, -0.1) is 0 Å². The van der Waals surface area contributed by atoms with E-state index in [0.717, 1.165) is 5.56 Å². The zero-order valence-electron chi connectivity index (χ0n) is 9.82. The van der Waals surface area contributed by atoms with Crippen LogP contribution in [-0.4, -0.2) is 17.2 Å². The molecule has 0 spiro atoms. The van der Waals surface area contributed by atoms with Gasteiger partial charge in [-0.25, -0.2) is 4.79 Å². The lowest BCUT2D eigenvalue weighted by molar-refractivity contribution is -0.143. The first-order chi connectivity index (χ1) is 8.75. The van der Waals surface area contributed by atoms with E-state index < -0.39 is 12.1 Å². The summed E-state index contributed by atoms with van der Waals surface area (Å²) in [6.07, 6.45) is -0.889. The van der Waals surface area contributed by atoms with Crippen LogP contribution in [0.3, 0.4) is 0 Å². The van der Waals surface area contributed by atoms with Crippen LogP contribution >= 0.6 is 0 Å². The largest absolute Gasteiger partial charge is 0.425 e. The van der Waals surface area contributed by atoms with Gasteiger partial charge in [0.1, 0.15) is 5.75 Å². The van der Waals surface area contributed by atoms with Crippen molar-refractivity contribution in [3.63, 3.8) is 0 Å². The summed E-state index contributed by atoms with van der Waals surface area (Å²) in [6.45, 7) is 0. The smallest absolute Gasteiger partial charge is 0.340 e. The monoisotopic (exact) mass is 242 g/mol. The highest BCUT2D eigenvalue weighted by Crippen LogP contribution is 2.11. The molecule has 2 rings (SSSR count). The van der Waals surface area contributed by atoms with E-state index in [4.69, 9.17) is 4.74 Å². The summed E-state index contributed by atoms with van der Waals surface area (Å²) in [4.78, 5) is 11.6. The molecule has 0 heterocycles. The zero-order valence-corrected chi connectivity index (χ0v) is 9.82. The second-order valence-corrected chi connectivity index (χ2v) is 3.94. The molecule has 2 aromatic carbocycles. The minimum atomic E-state index is -1.15. The maximum atomic E-state index is 11.6. The Morgan fingerprint density at radius 3 is 2.17 bits per heavy atom. The first kappa shape index (κ1) is 12.3. The number of aliphatic hydroxyl groups excluding tert-OH is 1. The van der Waals surface area contributed by atoms with Crippen LogP contribution in [0.25, 0.3) is 0 Å². The fraction of sp³-hybridized carbons (Fsp3) is 0.133. The molecule has 18 heavy (non-hydrogen) atoms. The average molecular weight is 242 g/mol. The maximum Gasteiger partial charge on any atom is 0.340 e. The highest BCUT2D eigenvalue weighted by atomic mass is 16.5. The normalized spacial score (nSPS) is 11.8. The molecular weight excluding hydrogens is 228 g/mol. The lowest BCUT2D eigenvalue weighted by Crippen LogP contribution is -2.27. The molecule has 0 saturated carbocycles. The number of ether oxygens (including phenoxy) is 1. The van der Waals surface area contributed by atoms with E-state index in [0.29, 0.717) is 5.75 Å². The quantitative estimate of drug-likeness (QED) is 0.660. The van der Waals surface area contributed by atoms with Crippen LogP contribution in [0.15, 0.2) is 60.7 Å². The molecule has 2 aromatic rings. The Morgan fingerprint density at radius 1 is 1.00 bits per heavy atom. The van der Waals surface area contributed by atoms with E-state index in [1.54, 1.807) is 24.3 Å². The molecule has 92 valence electrons. The molecule has 0 aliphatic rings. The molecule has 1 atom stereocenters. The van der Waals surface area contributed by atoms with Gasteiger partial charge in [0.05, 0.1) is 0 Å². The van der Waals surface area contributed by atoms with Crippen LogP contribution in [0.2, 0.25) is 0 Å². The fourth-order valence-corrected chi connectivity index (χ4v) is 1.59. The molecule has 0 aromatic heterocycles. The molecule has 0 saturated heterocycles. The Hall–Kier alpha value is -2.13. The van der Waals surface area contributed by atoms with E-state index in [1.807, 2.05) is 36.4 Å². The van der Waals surface area contributed by atoms with Crippen molar-refractivity contribution in [2.24, 2.45) is 0 Å². The SMILES string of the molecule is O=C(Oc1ccccc1)[C@@H](O)Cc1ccccc1.